The molecule has 1 amide bonds. The molecule has 2 fully saturated rings. The number of amides is 1. The number of pyridine rings is 1. The van der Waals surface area contributed by atoms with Crippen LogP contribution in [0.4, 0.5) is 0 Å². The summed E-state index contributed by atoms with van der Waals surface area (Å²) < 4.78 is 8.04. The van der Waals surface area contributed by atoms with Gasteiger partial charge in [0.1, 0.15) is 11.5 Å². The summed E-state index contributed by atoms with van der Waals surface area (Å²) in [6.45, 7) is 6.27. The van der Waals surface area contributed by atoms with E-state index in [4.69, 9.17) is 4.74 Å². The summed E-state index contributed by atoms with van der Waals surface area (Å²) in [4.78, 5) is 28.6. The van der Waals surface area contributed by atoms with Crippen molar-refractivity contribution in [3.63, 3.8) is 0 Å². The predicted molar refractivity (Wildman–Crippen MR) is 170 cm³/mol. The highest BCUT2D eigenvalue weighted by molar-refractivity contribution is 5.95. The van der Waals surface area contributed by atoms with Crippen LogP contribution < -0.4 is 15.6 Å². The molecular weight excluding hydrogens is 538 g/mol. The van der Waals surface area contributed by atoms with Gasteiger partial charge >= 0.3 is 0 Å². The Morgan fingerprint density at radius 3 is 2.42 bits per heavy atom. The first-order valence-electron chi connectivity index (χ1n) is 15.3. The molecule has 8 nitrogen and oxygen atoms in total. The molecule has 8 heteroatoms. The Bertz CT molecular complexity index is 1620. The van der Waals surface area contributed by atoms with Crippen LogP contribution in [0, 0.1) is 13.8 Å². The standard InChI is InChI=1S/C35H39N5O3.H2/c1-24-7-16-34(41)40(22-24)23-28-10-9-27(35(42)36-29-17-19-39(20-18-29)30-5-3-4-6-30)21-33(28)43-31-13-11-26(12-14-31)32-15-8-25(2)37-38-32;/h7-16,21-22,29-30H,3-6,17-20,23H2,1-2H3,(H,36,42);1H. The van der Waals surface area contributed by atoms with Gasteiger partial charge in [0, 0.05) is 55.6 Å². The molecule has 4 aromatic rings. The molecule has 2 aliphatic rings. The molecule has 43 heavy (non-hydrogen) atoms. The van der Waals surface area contributed by atoms with Crippen molar-refractivity contribution in [3.05, 3.63) is 106 Å². The van der Waals surface area contributed by atoms with Crippen LogP contribution in [0.15, 0.2) is 77.7 Å². The third-order valence-electron chi connectivity index (χ3n) is 8.68. The smallest absolute Gasteiger partial charge is 0.251 e. The number of carbonyl (C=O) groups is 1. The second-order valence-electron chi connectivity index (χ2n) is 11.9. The van der Waals surface area contributed by atoms with E-state index in [2.05, 4.69) is 20.4 Å². The third-order valence-corrected chi connectivity index (χ3v) is 8.68. The Kier molecular flexibility index (Phi) is 8.65. The molecule has 0 unspecified atom stereocenters. The van der Waals surface area contributed by atoms with E-state index in [1.165, 1.54) is 25.7 Å². The maximum atomic E-state index is 13.4. The number of hydrogen-bond donors (Lipinski definition) is 1. The monoisotopic (exact) mass is 579 g/mol. The molecule has 1 aliphatic carbocycles. The molecule has 1 N–H and O–H groups in total. The lowest BCUT2D eigenvalue weighted by molar-refractivity contribution is 0.0892. The van der Waals surface area contributed by atoms with Crippen molar-refractivity contribution in [3.8, 4) is 22.8 Å². The first kappa shape index (κ1) is 28.8. The van der Waals surface area contributed by atoms with Gasteiger partial charge in [0.05, 0.1) is 17.9 Å². The molecule has 1 saturated carbocycles. The van der Waals surface area contributed by atoms with Gasteiger partial charge in [0.2, 0.25) is 0 Å². The number of rotatable bonds is 8. The van der Waals surface area contributed by atoms with Crippen LogP contribution in [0.3, 0.4) is 0 Å². The van der Waals surface area contributed by atoms with Crippen molar-refractivity contribution in [1.82, 2.24) is 25.0 Å². The zero-order valence-corrected chi connectivity index (χ0v) is 25.0. The normalized spacial score (nSPS) is 16.3. The minimum absolute atomic E-state index is 0. The number of benzene rings is 2. The largest absolute Gasteiger partial charge is 0.457 e. The number of hydrogen-bond acceptors (Lipinski definition) is 6. The maximum absolute atomic E-state index is 13.4. The quantitative estimate of drug-likeness (QED) is 0.270. The van der Waals surface area contributed by atoms with Gasteiger partial charge in [-0.2, -0.15) is 10.2 Å². The zero-order chi connectivity index (χ0) is 29.8. The molecule has 1 saturated heterocycles. The Labute approximate surface area is 254 Å². The van der Waals surface area contributed by atoms with Crippen LogP contribution in [-0.4, -0.2) is 50.7 Å². The summed E-state index contributed by atoms with van der Waals surface area (Å²) in [7, 11) is 0. The average Bonchev–Trinajstić information content (AvgIpc) is 3.56. The van der Waals surface area contributed by atoms with Crippen LogP contribution in [0.25, 0.3) is 11.3 Å². The van der Waals surface area contributed by atoms with E-state index in [0.717, 1.165) is 60.1 Å². The summed E-state index contributed by atoms with van der Waals surface area (Å²) in [5.41, 5.74) is 4.82. The number of aromatic nitrogens is 3. The topological polar surface area (TPSA) is 89.4 Å². The van der Waals surface area contributed by atoms with Crippen molar-refractivity contribution < 1.29 is 11.0 Å². The van der Waals surface area contributed by atoms with E-state index < -0.39 is 0 Å². The highest BCUT2D eigenvalue weighted by Gasteiger charge is 2.28. The van der Waals surface area contributed by atoms with Crippen molar-refractivity contribution >= 4 is 5.91 Å². The van der Waals surface area contributed by atoms with Gasteiger partial charge in [-0.1, -0.05) is 25.0 Å². The van der Waals surface area contributed by atoms with Gasteiger partial charge in [0.15, 0.2) is 0 Å². The number of carbonyl (C=O) groups excluding carboxylic acids is 1. The van der Waals surface area contributed by atoms with Gasteiger partial charge in [-0.15, -0.1) is 0 Å². The summed E-state index contributed by atoms with van der Waals surface area (Å²) in [5, 5.41) is 11.7. The SMILES string of the molecule is Cc1ccc(=O)n(Cc2ccc(C(=O)NC3CCN(C4CCCC4)CC3)cc2Oc2ccc(-c3ccc(C)nn3)cc2)c1.[HH]. The van der Waals surface area contributed by atoms with E-state index in [-0.39, 0.29) is 18.9 Å². The third kappa shape index (κ3) is 7.03. The molecule has 224 valence electrons. The van der Waals surface area contributed by atoms with Crippen molar-refractivity contribution in [1.29, 1.82) is 0 Å². The van der Waals surface area contributed by atoms with Gasteiger partial charge in [-0.3, -0.25) is 9.59 Å². The number of nitrogens with one attached hydrogen (secondary N) is 1. The number of aryl methyl sites for hydroxylation is 2. The molecule has 3 heterocycles. The highest BCUT2D eigenvalue weighted by atomic mass is 16.5. The second kappa shape index (κ2) is 12.9. The first-order chi connectivity index (χ1) is 20.9. The summed E-state index contributed by atoms with van der Waals surface area (Å²) in [6, 6.07) is 21.3. The molecule has 2 aromatic carbocycles. The molecular formula is C35H41N5O3. The second-order valence-corrected chi connectivity index (χ2v) is 11.9. The van der Waals surface area contributed by atoms with E-state index in [1.807, 2.05) is 74.6 Å². The molecule has 0 atom stereocenters. The van der Waals surface area contributed by atoms with Crippen LogP contribution in [0.2, 0.25) is 0 Å². The van der Waals surface area contributed by atoms with Crippen molar-refractivity contribution in [2.24, 2.45) is 0 Å². The van der Waals surface area contributed by atoms with E-state index in [0.29, 0.717) is 23.6 Å². The lowest BCUT2D eigenvalue weighted by Gasteiger charge is -2.36. The molecule has 1 aliphatic heterocycles. The molecule has 0 bridgehead atoms. The number of nitrogens with zero attached hydrogens (tertiary/aromatic N) is 4. The predicted octanol–water partition coefficient (Wildman–Crippen LogP) is 6.15. The van der Waals surface area contributed by atoms with E-state index >= 15 is 0 Å². The molecule has 6 rings (SSSR count). The maximum Gasteiger partial charge on any atom is 0.251 e. The van der Waals surface area contributed by atoms with Crippen LogP contribution in [0.1, 0.15) is 67.1 Å². The lowest BCUT2D eigenvalue weighted by Crippen LogP contribution is -2.47. The average molecular weight is 580 g/mol. The van der Waals surface area contributed by atoms with Crippen molar-refractivity contribution in [2.45, 2.75) is 71.0 Å². The summed E-state index contributed by atoms with van der Waals surface area (Å²) >= 11 is 0. The fourth-order valence-corrected chi connectivity index (χ4v) is 6.20. The Balaban J connectivity index is 0.00000384. The van der Waals surface area contributed by atoms with Gasteiger partial charge < -0.3 is 19.5 Å². The van der Waals surface area contributed by atoms with Gasteiger partial charge in [-0.05, 0) is 93.6 Å². The van der Waals surface area contributed by atoms with Gasteiger partial charge in [0.25, 0.3) is 11.5 Å². The minimum Gasteiger partial charge on any atom is -0.457 e. The Hall–Kier alpha value is -4.30. The van der Waals surface area contributed by atoms with E-state index in [1.54, 1.807) is 16.7 Å². The van der Waals surface area contributed by atoms with Crippen LogP contribution in [0.5, 0.6) is 11.5 Å². The number of likely N-dealkylation sites (tertiary alicyclic amines) is 1. The highest BCUT2D eigenvalue weighted by Crippen LogP contribution is 2.30. The molecule has 0 spiro atoms. The van der Waals surface area contributed by atoms with Crippen molar-refractivity contribution in [2.75, 3.05) is 13.1 Å². The van der Waals surface area contributed by atoms with Gasteiger partial charge in [-0.25, -0.2) is 0 Å². The zero-order valence-electron chi connectivity index (χ0n) is 25.0. The fourth-order valence-electron chi connectivity index (χ4n) is 6.20. The van der Waals surface area contributed by atoms with E-state index in [9.17, 15) is 9.59 Å². The first-order valence-corrected chi connectivity index (χ1v) is 15.3. The fraction of sp³-hybridized carbons (Fsp3) is 0.371. The molecule has 2 aromatic heterocycles. The number of piperidine rings is 1. The van der Waals surface area contributed by atoms with Crippen LogP contribution >= 0.6 is 0 Å². The Morgan fingerprint density at radius 1 is 0.930 bits per heavy atom. The summed E-state index contributed by atoms with van der Waals surface area (Å²) in [6.07, 6.45) is 9.07. The van der Waals surface area contributed by atoms with Crippen LogP contribution in [-0.2, 0) is 6.54 Å². The number of ether oxygens (including phenoxy) is 1. The Morgan fingerprint density at radius 2 is 1.70 bits per heavy atom. The minimum atomic E-state index is -0.100. The lowest BCUT2D eigenvalue weighted by atomic mass is 10.0. The summed E-state index contributed by atoms with van der Waals surface area (Å²) in [5.74, 6) is 1.07. The molecule has 0 radical (unpaired) electrons.